The van der Waals surface area contributed by atoms with Crippen molar-refractivity contribution in [3.05, 3.63) is 84.2 Å². The number of hydrogen-bond acceptors (Lipinski definition) is 4. The fourth-order valence-electron chi connectivity index (χ4n) is 2.13. The molecule has 1 aromatic carbocycles. The van der Waals surface area contributed by atoms with Crippen LogP contribution in [0.2, 0.25) is 0 Å². The number of benzene rings is 1. The Hall–Kier alpha value is -3.28. The van der Waals surface area contributed by atoms with Gasteiger partial charge in [0.1, 0.15) is 11.5 Å². The van der Waals surface area contributed by atoms with Crippen LogP contribution in [-0.2, 0) is 6.54 Å². The molecular formula is C18H15FN4O. The van der Waals surface area contributed by atoms with Gasteiger partial charge in [-0.05, 0) is 42.0 Å². The number of carbonyl (C=O) groups is 1. The summed E-state index contributed by atoms with van der Waals surface area (Å²) in [5.74, 6) is -0.807. The third-order valence-electron chi connectivity index (χ3n) is 3.29. The maximum Gasteiger partial charge on any atom is 0.274 e. The lowest BCUT2D eigenvalue weighted by molar-refractivity contribution is 0.102. The highest BCUT2D eigenvalue weighted by atomic mass is 19.1. The van der Waals surface area contributed by atoms with E-state index in [1.54, 1.807) is 36.8 Å². The molecule has 0 atom stereocenters. The van der Waals surface area contributed by atoms with Crippen LogP contribution in [0.25, 0.3) is 0 Å². The molecule has 2 heterocycles. The molecule has 0 radical (unpaired) electrons. The minimum atomic E-state index is -0.410. The van der Waals surface area contributed by atoms with Crippen LogP contribution in [0, 0.1) is 5.82 Å². The number of pyridine rings is 2. The summed E-state index contributed by atoms with van der Waals surface area (Å²) in [7, 11) is 0. The normalized spacial score (nSPS) is 10.2. The smallest absolute Gasteiger partial charge is 0.274 e. The fourth-order valence-corrected chi connectivity index (χ4v) is 2.13. The molecular weight excluding hydrogens is 307 g/mol. The summed E-state index contributed by atoms with van der Waals surface area (Å²) in [6.45, 7) is 0.586. The molecule has 0 aliphatic heterocycles. The first-order chi connectivity index (χ1) is 11.7. The summed E-state index contributed by atoms with van der Waals surface area (Å²) >= 11 is 0. The van der Waals surface area contributed by atoms with Crippen molar-refractivity contribution in [1.29, 1.82) is 0 Å². The SMILES string of the molecule is O=C(Nc1cccc(F)c1)c1cc(NCc2cccnc2)ccn1. The number of aromatic nitrogens is 2. The van der Waals surface area contributed by atoms with Gasteiger partial charge < -0.3 is 10.6 Å². The summed E-state index contributed by atoms with van der Waals surface area (Å²) < 4.78 is 13.2. The minimum Gasteiger partial charge on any atom is -0.381 e. The standard InChI is InChI=1S/C18H15FN4O/c19-14-4-1-5-16(9-14)23-18(24)17-10-15(6-8-21-17)22-12-13-3-2-7-20-11-13/h1-11H,12H2,(H,21,22)(H,23,24). The van der Waals surface area contributed by atoms with Crippen molar-refractivity contribution in [2.45, 2.75) is 6.54 Å². The van der Waals surface area contributed by atoms with E-state index in [1.165, 1.54) is 18.2 Å². The summed E-state index contributed by atoms with van der Waals surface area (Å²) in [6, 6.07) is 13.0. The average molecular weight is 322 g/mol. The molecule has 0 spiro atoms. The molecule has 120 valence electrons. The Bertz CT molecular complexity index is 839. The van der Waals surface area contributed by atoms with Crippen LogP contribution in [0.4, 0.5) is 15.8 Å². The molecule has 0 fully saturated rings. The van der Waals surface area contributed by atoms with Crippen LogP contribution >= 0.6 is 0 Å². The molecule has 0 saturated carbocycles. The first-order valence-electron chi connectivity index (χ1n) is 7.36. The van der Waals surface area contributed by atoms with E-state index in [0.717, 1.165) is 11.3 Å². The first-order valence-corrected chi connectivity index (χ1v) is 7.36. The molecule has 5 nitrogen and oxygen atoms in total. The minimum absolute atomic E-state index is 0.246. The Morgan fingerprint density at radius 3 is 2.75 bits per heavy atom. The Balaban J connectivity index is 1.67. The summed E-state index contributed by atoms with van der Waals surface area (Å²) in [5, 5.41) is 5.83. The van der Waals surface area contributed by atoms with Crippen molar-refractivity contribution < 1.29 is 9.18 Å². The van der Waals surface area contributed by atoms with E-state index in [1.807, 2.05) is 12.1 Å². The number of nitrogens with one attached hydrogen (secondary N) is 2. The van der Waals surface area contributed by atoms with E-state index in [0.29, 0.717) is 12.2 Å². The number of rotatable bonds is 5. The molecule has 3 rings (SSSR count). The van der Waals surface area contributed by atoms with E-state index in [4.69, 9.17) is 0 Å². The summed E-state index contributed by atoms with van der Waals surface area (Å²) in [5.41, 5.74) is 2.42. The van der Waals surface area contributed by atoms with Crippen LogP contribution in [0.3, 0.4) is 0 Å². The maximum absolute atomic E-state index is 13.2. The Morgan fingerprint density at radius 2 is 1.96 bits per heavy atom. The number of halogens is 1. The molecule has 0 saturated heterocycles. The van der Waals surface area contributed by atoms with Crippen molar-refractivity contribution in [3.63, 3.8) is 0 Å². The third kappa shape index (κ3) is 4.13. The van der Waals surface area contributed by atoms with Gasteiger partial charge in [-0.3, -0.25) is 14.8 Å². The Labute approximate surface area is 138 Å². The number of hydrogen-bond donors (Lipinski definition) is 2. The predicted octanol–water partition coefficient (Wildman–Crippen LogP) is 3.48. The fraction of sp³-hybridized carbons (Fsp3) is 0.0556. The van der Waals surface area contributed by atoms with Crippen LogP contribution in [0.5, 0.6) is 0 Å². The Kier molecular flexibility index (Phi) is 4.76. The zero-order valence-corrected chi connectivity index (χ0v) is 12.7. The first kappa shape index (κ1) is 15.6. The van der Waals surface area contributed by atoms with Gasteiger partial charge in [0.25, 0.3) is 5.91 Å². The highest BCUT2D eigenvalue weighted by Crippen LogP contribution is 2.13. The Morgan fingerprint density at radius 1 is 1.04 bits per heavy atom. The molecule has 6 heteroatoms. The largest absolute Gasteiger partial charge is 0.381 e. The summed E-state index contributed by atoms with van der Waals surface area (Å²) in [4.78, 5) is 20.3. The van der Waals surface area contributed by atoms with Crippen molar-refractivity contribution in [3.8, 4) is 0 Å². The quantitative estimate of drug-likeness (QED) is 0.755. The number of anilines is 2. The molecule has 0 aliphatic rings. The molecule has 3 aromatic rings. The molecule has 0 unspecified atom stereocenters. The number of nitrogens with zero attached hydrogens (tertiary/aromatic N) is 2. The van der Waals surface area contributed by atoms with E-state index >= 15 is 0 Å². The highest BCUT2D eigenvalue weighted by molar-refractivity contribution is 6.03. The van der Waals surface area contributed by atoms with E-state index in [-0.39, 0.29) is 5.69 Å². The van der Waals surface area contributed by atoms with Crippen molar-refractivity contribution in [1.82, 2.24) is 9.97 Å². The molecule has 24 heavy (non-hydrogen) atoms. The maximum atomic E-state index is 13.2. The molecule has 0 aliphatic carbocycles. The van der Waals surface area contributed by atoms with Crippen LogP contribution in [-0.4, -0.2) is 15.9 Å². The van der Waals surface area contributed by atoms with Gasteiger partial charge in [0.15, 0.2) is 0 Å². The topological polar surface area (TPSA) is 66.9 Å². The van der Waals surface area contributed by atoms with Gasteiger partial charge in [-0.1, -0.05) is 12.1 Å². The van der Waals surface area contributed by atoms with Crippen molar-refractivity contribution in [2.24, 2.45) is 0 Å². The summed E-state index contributed by atoms with van der Waals surface area (Å²) in [6.07, 6.45) is 5.03. The van der Waals surface area contributed by atoms with Gasteiger partial charge in [-0.2, -0.15) is 0 Å². The van der Waals surface area contributed by atoms with E-state index in [9.17, 15) is 9.18 Å². The second kappa shape index (κ2) is 7.32. The highest BCUT2D eigenvalue weighted by Gasteiger charge is 2.09. The number of carbonyl (C=O) groups excluding carboxylic acids is 1. The third-order valence-corrected chi connectivity index (χ3v) is 3.29. The second-order valence-electron chi connectivity index (χ2n) is 5.11. The molecule has 2 N–H and O–H groups in total. The van der Waals surface area contributed by atoms with E-state index < -0.39 is 11.7 Å². The van der Waals surface area contributed by atoms with Crippen LogP contribution in [0.1, 0.15) is 16.1 Å². The van der Waals surface area contributed by atoms with E-state index in [2.05, 4.69) is 20.6 Å². The molecule has 0 bridgehead atoms. The van der Waals surface area contributed by atoms with Crippen molar-refractivity contribution in [2.75, 3.05) is 10.6 Å². The van der Waals surface area contributed by atoms with Crippen molar-refractivity contribution >= 4 is 17.3 Å². The van der Waals surface area contributed by atoms with Gasteiger partial charge in [0.05, 0.1) is 0 Å². The number of amides is 1. The lowest BCUT2D eigenvalue weighted by atomic mass is 10.2. The lowest BCUT2D eigenvalue weighted by Crippen LogP contribution is -2.14. The zero-order valence-electron chi connectivity index (χ0n) is 12.7. The predicted molar refractivity (Wildman–Crippen MR) is 90.2 cm³/mol. The zero-order chi connectivity index (χ0) is 16.8. The lowest BCUT2D eigenvalue weighted by Gasteiger charge is -2.08. The molecule has 2 aromatic heterocycles. The average Bonchev–Trinajstić information content (AvgIpc) is 2.61. The van der Waals surface area contributed by atoms with Gasteiger partial charge in [-0.25, -0.2) is 4.39 Å². The van der Waals surface area contributed by atoms with Gasteiger partial charge in [0.2, 0.25) is 0 Å². The van der Waals surface area contributed by atoms with Gasteiger partial charge >= 0.3 is 0 Å². The molecule has 1 amide bonds. The monoisotopic (exact) mass is 322 g/mol. The van der Waals surface area contributed by atoms with Crippen LogP contribution in [0.15, 0.2) is 67.1 Å². The van der Waals surface area contributed by atoms with Crippen LogP contribution < -0.4 is 10.6 Å². The second-order valence-corrected chi connectivity index (χ2v) is 5.11. The van der Waals surface area contributed by atoms with Gasteiger partial charge in [-0.15, -0.1) is 0 Å². The van der Waals surface area contributed by atoms with Gasteiger partial charge in [0, 0.05) is 36.5 Å².